The zero-order valence-corrected chi connectivity index (χ0v) is 22.6. The zero-order chi connectivity index (χ0) is 25.6. The van der Waals surface area contributed by atoms with E-state index in [4.69, 9.17) is 17.2 Å². The Balaban J connectivity index is 1.67. The summed E-state index contributed by atoms with van der Waals surface area (Å²) in [6.45, 7) is 8.70. The number of hydrogen-bond acceptors (Lipinski definition) is 3. The number of nitrogens with zero attached hydrogens (tertiary/aromatic N) is 4. The van der Waals surface area contributed by atoms with Crippen molar-refractivity contribution in [2.24, 2.45) is 0 Å². The highest BCUT2D eigenvalue weighted by atomic mass is 32.1. The van der Waals surface area contributed by atoms with Gasteiger partial charge in [0.2, 0.25) is 0 Å². The molecule has 0 amide bonds. The van der Waals surface area contributed by atoms with Gasteiger partial charge in [0.15, 0.2) is 5.11 Å². The first kappa shape index (κ1) is 24.1. The number of aryl methyl sites for hydroxylation is 3. The van der Waals surface area contributed by atoms with Crippen molar-refractivity contribution >= 4 is 28.7 Å². The highest BCUT2D eigenvalue weighted by molar-refractivity contribution is 7.80. The topological polar surface area (TPSA) is 36.3 Å². The number of aromatic nitrogens is 2. The molecule has 5 rings (SSSR count). The van der Waals surface area contributed by atoms with Crippen LogP contribution in [0.4, 0.5) is 11.4 Å². The van der Waals surface area contributed by atoms with Gasteiger partial charge in [0.05, 0.1) is 17.8 Å². The van der Waals surface area contributed by atoms with E-state index in [2.05, 4.69) is 116 Å². The number of hydrogen-bond donors (Lipinski definition) is 1. The summed E-state index contributed by atoms with van der Waals surface area (Å²) in [6.07, 6.45) is 1.85. The molecule has 184 valence electrons. The van der Waals surface area contributed by atoms with E-state index in [0.717, 1.165) is 17.1 Å². The van der Waals surface area contributed by atoms with Gasteiger partial charge in [0, 0.05) is 48.7 Å². The van der Waals surface area contributed by atoms with E-state index in [-0.39, 0.29) is 12.1 Å². The van der Waals surface area contributed by atoms with E-state index in [1.807, 2.05) is 18.3 Å². The minimum absolute atomic E-state index is 0.0385. The molecule has 4 aromatic rings. The molecule has 6 heteroatoms. The van der Waals surface area contributed by atoms with E-state index < -0.39 is 0 Å². The summed E-state index contributed by atoms with van der Waals surface area (Å²) in [5.41, 5.74) is 10.6. The Hall–Kier alpha value is -3.64. The first-order valence-electron chi connectivity index (χ1n) is 12.3. The van der Waals surface area contributed by atoms with E-state index in [9.17, 15) is 0 Å². The highest BCUT2D eigenvalue weighted by Gasteiger charge is 2.42. The molecule has 2 unspecified atom stereocenters. The van der Waals surface area contributed by atoms with Crippen molar-refractivity contribution in [1.29, 1.82) is 0 Å². The molecular weight excluding hydrogens is 462 g/mol. The van der Waals surface area contributed by atoms with Gasteiger partial charge >= 0.3 is 0 Å². The van der Waals surface area contributed by atoms with Crippen molar-refractivity contribution in [3.63, 3.8) is 0 Å². The average molecular weight is 496 g/mol. The standard InChI is InChI=1S/C30H33N5S/c1-19-15-20(2)17-25(16-19)34-21(3)18-26(22(34)4)29-28(27-9-7-8-14-31-27)32-30(36)35(29)24-12-10-23(11-13-24)33(5)6/h7-18,28-29H,1-6H3,(H,32,36). The molecular formula is C30H33N5S. The molecule has 0 spiro atoms. The summed E-state index contributed by atoms with van der Waals surface area (Å²) >= 11 is 5.94. The van der Waals surface area contributed by atoms with Crippen LogP contribution in [-0.4, -0.2) is 28.8 Å². The quantitative estimate of drug-likeness (QED) is 0.327. The number of anilines is 2. The van der Waals surface area contributed by atoms with Gasteiger partial charge in [-0.25, -0.2) is 0 Å². The lowest BCUT2D eigenvalue weighted by molar-refractivity contribution is 0.565. The molecule has 1 N–H and O–H groups in total. The van der Waals surface area contributed by atoms with E-state index >= 15 is 0 Å². The molecule has 5 nitrogen and oxygen atoms in total. The van der Waals surface area contributed by atoms with Gasteiger partial charge in [-0.05, 0) is 111 Å². The van der Waals surface area contributed by atoms with Crippen LogP contribution in [0.5, 0.6) is 0 Å². The number of rotatable bonds is 5. The Morgan fingerprint density at radius 2 is 1.56 bits per heavy atom. The maximum atomic E-state index is 5.94. The fraction of sp³-hybridized carbons (Fsp3) is 0.267. The van der Waals surface area contributed by atoms with Crippen LogP contribution in [0.1, 0.15) is 45.9 Å². The molecule has 0 aliphatic carbocycles. The van der Waals surface area contributed by atoms with E-state index in [1.54, 1.807) is 0 Å². The largest absolute Gasteiger partial charge is 0.378 e. The first-order chi connectivity index (χ1) is 17.2. The molecule has 1 aliphatic rings. The van der Waals surface area contributed by atoms with E-state index in [0.29, 0.717) is 5.11 Å². The molecule has 0 saturated carbocycles. The molecule has 1 aliphatic heterocycles. The van der Waals surface area contributed by atoms with Crippen LogP contribution in [0.3, 0.4) is 0 Å². The SMILES string of the molecule is Cc1cc(C)cc(-n2c(C)cc(C3C(c4ccccn4)NC(=S)N3c3ccc(N(C)C)cc3)c2C)c1. The number of nitrogens with one attached hydrogen (secondary N) is 1. The monoisotopic (exact) mass is 495 g/mol. The third-order valence-electron chi connectivity index (χ3n) is 7.00. The minimum Gasteiger partial charge on any atom is -0.378 e. The Bertz CT molecular complexity index is 1390. The van der Waals surface area contributed by atoms with Crippen LogP contribution in [-0.2, 0) is 0 Å². The second-order valence-electron chi connectivity index (χ2n) is 9.92. The Morgan fingerprint density at radius 3 is 2.17 bits per heavy atom. The van der Waals surface area contributed by atoms with Crippen molar-refractivity contribution in [3.8, 4) is 5.69 Å². The molecule has 2 atom stereocenters. The summed E-state index contributed by atoms with van der Waals surface area (Å²) in [7, 11) is 4.11. The number of pyridine rings is 1. The summed E-state index contributed by atoms with van der Waals surface area (Å²) in [5.74, 6) is 0. The molecule has 2 aromatic heterocycles. The fourth-order valence-electron chi connectivity index (χ4n) is 5.42. The molecule has 2 aromatic carbocycles. The number of benzene rings is 2. The predicted octanol–water partition coefficient (Wildman–Crippen LogP) is 6.35. The molecule has 0 radical (unpaired) electrons. The van der Waals surface area contributed by atoms with Gasteiger partial charge in [-0.1, -0.05) is 12.1 Å². The maximum absolute atomic E-state index is 5.94. The maximum Gasteiger partial charge on any atom is 0.174 e. The Kier molecular flexibility index (Phi) is 6.31. The van der Waals surface area contributed by atoms with Crippen molar-refractivity contribution in [3.05, 3.63) is 107 Å². The minimum atomic E-state index is -0.0691. The van der Waals surface area contributed by atoms with Gasteiger partial charge in [0.1, 0.15) is 0 Å². The molecule has 0 bridgehead atoms. The lowest BCUT2D eigenvalue weighted by Crippen LogP contribution is -2.29. The Morgan fingerprint density at radius 1 is 0.861 bits per heavy atom. The first-order valence-corrected chi connectivity index (χ1v) is 12.7. The average Bonchev–Trinajstić information content (AvgIpc) is 3.34. The predicted molar refractivity (Wildman–Crippen MR) is 153 cm³/mol. The van der Waals surface area contributed by atoms with E-state index in [1.165, 1.54) is 33.8 Å². The molecule has 1 fully saturated rings. The normalized spacial score (nSPS) is 17.4. The Labute approximate surface area is 219 Å². The van der Waals surface area contributed by atoms with Gasteiger partial charge in [-0.2, -0.15) is 0 Å². The lowest BCUT2D eigenvalue weighted by Gasteiger charge is -2.28. The lowest BCUT2D eigenvalue weighted by atomic mass is 9.96. The van der Waals surface area contributed by atoms with Crippen LogP contribution in [0.15, 0.2) is 72.9 Å². The summed E-state index contributed by atoms with van der Waals surface area (Å²) in [5, 5.41) is 4.31. The molecule has 36 heavy (non-hydrogen) atoms. The van der Waals surface area contributed by atoms with Crippen molar-refractivity contribution in [1.82, 2.24) is 14.9 Å². The van der Waals surface area contributed by atoms with Crippen LogP contribution < -0.4 is 15.1 Å². The van der Waals surface area contributed by atoms with Gasteiger partial charge in [-0.15, -0.1) is 0 Å². The molecule has 3 heterocycles. The zero-order valence-electron chi connectivity index (χ0n) is 21.8. The third-order valence-corrected chi connectivity index (χ3v) is 7.31. The van der Waals surface area contributed by atoms with Crippen LogP contribution in [0, 0.1) is 27.7 Å². The highest BCUT2D eigenvalue weighted by Crippen LogP contribution is 2.44. The van der Waals surface area contributed by atoms with Gasteiger partial charge in [-0.3, -0.25) is 4.98 Å². The fourth-order valence-corrected chi connectivity index (χ4v) is 5.77. The summed E-state index contributed by atoms with van der Waals surface area (Å²) < 4.78 is 2.36. The summed E-state index contributed by atoms with van der Waals surface area (Å²) in [6, 6.07) is 23.6. The smallest absolute Gasteiger partial charge is 0.174 e. The molecule has 1 saturated heterocycles. The van der Waals surface area contributed by atoms with Crippen LogP contribution in [0.25, 0.3) is 5.69 Å². The second kappa shape index (κ2) is 9.43. The third kappa shape index (κ3) is 4.26. The van der Waals surface area contributed by atoms with Gasteiger partial charge < -0.3 is 19.7 Å². The van der Waals surface area contributed by atoms with Crippen LogP contribution >= 0.6 is 12.2 Å². The van der Waals surface area contributed by atoms with Crippen molar-refractivity contribution in [2.45, 2.75) is 39.8 Å². The number of thiocarbonyl (C=S) groups is 1. The van der Waals surface area contributed by atoms with Crippen molar-refractivity contribution < 1.29 is 0 Å². The summed E-state index contributed by atoms with van der Waals surface area (Å²) in [4.78, 5) is 9.07. The van der Waals surface area contributed by atoms with Gasteiger partial charge in [0.25, 0.3) is 0 Å². The van der Waals surface area contributed by atoms with Crippen LogP contribution in [0.2, 0.25) is 0 Å². The van der Waals surface area contributed by atoms with Crippen molar-refractivity contribution in [2.75, 3.05) is 23.9 Å². The second-order valence-corrected chi connectivity index (χ2v) is 10.3.